The van der Waals surface area contributed by atoms with E-state index >= 15 is 0 Å². The van der Waals surface area contributed by atoms with Crippen molar-refractivity contribution < 1.29 is 0 Å². The van der Waals surface area contributed by atoms with Crippen molar-refractivity contribution in [2.75, 3.05) is 13.1 Å². The Bertz CT molecular complexity index is 171. The highest BCUT2D eigenvalue weighted by atomic mass is 28.3. The summed E-state index contributed by atoms with van der Waals surface area (Å²) in [6.07, 6.45) is 2.06. The van der Waals surface area contributed by atoms with Crippen LogP contribution < -0.4 is 0 Å². The number of hydrogen-bond donors (Lipinski definition) is 0. The summed E-state index contributed by atoms with van der Waals surface area (Å²) in [5, 5.41) is 8.44. The van der Waals surface area contributed by atoms with Crippen LogP contribution in [0.15, 0.2) is 0 Å². The molecule has 0 aromatic heterocycles. The van der Waals surface area contributed by atoms with Crippen molar-refractivity contribution in [2.24, 2.45) is 0 Å². The van der Waals surface area contributed by atoms with Crippen LogP contribution in [0.25, 0.3) is 0 Å². The van der Waals surface area contributed by atoms with Crippen molar-refractivity contribution in [3.63, 3.8) is 0 Å². The lowest BCUT2D eigenvalue weighted by Gasteiger charge is -2.28. The van der Waals surface area contributed by atoms with Crippen molar-refractivity contribution in [3.8, 4) is 6.07 Å². The highest BCUT2D eigenvalue weighted by Crippen LogP contribution is 2.25. The fourth-order valence-electron chi connectivity index (χ4n) is 1.76. The van der Waals surface area contributed by atoms with Crippen molar-refractivity contribution in [2.45, 2.75) is 32.0 Å². The molecule has 0 unspecified atom stereocenters. The molecule has 0 spiro atoms. The normalized spacial score (nSPS) is 23.4. The summed E-state index contributed by atoms with van der Waals surface area (Å²) in [6.45, 7) is 7.05. The fourth-order valence-corrected chi connectivity index (χ4v) is 4.58. The average Bonchev–Trinajstić information content (AvgIpc) is 2.25. The van der Waals surface area contributed by atoms with Crippen LogP contribution in [0.5, 0.6) is 0 Å². The van der Waals surface area contributed by atoms with Crippen molar-refractivity contribution >= 4 is 8.24 Å². The van der Waals surface area contributed by atoms with Gasteiger partial charge in [0.05, 0.1) is 6.07 Å². The molecular weight excluding hydrogens is 152 g/mol. The highest BCUT2D eigenvalue weighted by molar-refractivity contribution is 6.75. The Morgan fingerprint density at radius 2 is 2.27 bits per heavy atom. The van der Waals surface area contributed by atoms with Crippen LogP contribution in [0, 0.1) is 11.3 Å². The van der Waals surface area contributed by atoms with E-state index in [1.54, 1.807) is 0 Å². The zero-order valence-corrected chi connectivity index (χ0v) is 8.43. The second-order valence-electron chi connectivity index (χ2n) is 3.81. The van der Waals surface area contributed by atoms with Gasteiger partial charge >= 0.3 is 0 Å². The smallest absolute Gasteiger partial charge is 0.122 e. The Morgan fingerprint density at radius 3 is 2.73 bits per heavy atom. The summed E-state index contributed by atoms with van der Waals surface area (Å²) in [5.74, 6) is 0. The Kier molecular flexibility index (Phi) is 2.69. The first-order valence-corrected chi connectivity index (χ1v) is 7.44. The van der Waals surface area contributed by atoms with Gasteiger partial charge in [0.25, 0.3) is 0 Å². The molecule has 0 bridgehead atoms. The molecule has 1 fully saturated rings. The van der Waals surface area contributed by atoms with Crippen molar-refractivity contribution in [1.82, 2.24) is 4.57 Å². The Labute approximate surface area is 69.9 Å². The van der Waals surface area contributed by atoms with Gasteiger partial charge in [0.15, 0.2) is 0 Å². The quantitative estimate of drug-likeness (QED) is 0.588. The van der Waals surface area contributed by atoms with Gasteiger partial charge in [-0.25, -0.2) is 0 Å². The van der Waals surface area contributed by atoms with Gasteiger partial charge in [-0.1, -0.05) is 13.1 Å². The van der Waals surface area contributed by atoms with Crippen LogP contribution in [0.1, 0.15) is 12.8 Å². The third-order valence-electron chi connectivity index (χ3n) is 2.57. The molecule has 11 heavy (non-hydrogen) atoms. The van der Waals surface area contributed by atoms with Crippen molar-refractivity contribution in [1.29, 1.82) is 5.26 Å². The molecule has 0 N–H and O–H groups in total. The molecule has 0 saturated carbocycles. The summed E-state index contributed by atoms with van der Waals surface area (Å²) in [5.41, 5.74) is 0. The largest absolute Gasteiger partial charge is 0.323 e. The molecule has 0 aromatic rings. The Hall–Kier alpha value is -0.333. The predicted molar refractivity (Wildman–Crippen MR) is 48.7 cm³/mol. The third-order valence-corrected chi connectivity index (χ3v) is 6.30. The van der Waals surface area contributed by atoms with Crippen LogP contribution in [-0.2, 0) is 0 Å². The summed E-state index contributed by atoms with van der Waals surface area (Å²) < 4.78 is 2.55. The van der Waals surface area contributed by atoms with Gasteiger partial charge in [-0.05, 0) is 19.0 Å². The molecule has 0 aromatic carbocycles. The van der Waals surface area contributed by atoms with Crippen LogP contribution in [0.4, 0.5) is 0 Å². The van der Waals surface area contributed by atoms with Gasteiger partial charge in [-0.15, -0.1) is 0 Å². The minimum atomic E-state index is -1.02. The summed E-state index contributed by atoms with van der Waals surface area (Å²) in [6, 6.07) is 3.63. The molecule has 1 saturated heterocycles. The van der Waals surface area contributed by atoms with Crippen LogP contribution >= 0.6 is 0 Å². The molecule has 0 atom stereocenters. The van der Waals surface area contributed by atoms with Gasteiger partial charge in [0.2, 0.25) is 0 Å². The van der Waals surface area contributed by atoms with E-state index in [1.165, 1.54) is 19.0 Å². The first-order chi connectivity index (χ1) is 5.17. The third kappa shape index (κ3) is 2.05. The molecule has 0 aliphatic carbocycles. The van der Waals surface area contributed by atoms with E-state index in [0.717, 1.165) is 6.54 Å². The van der Waals surface area contributed by atoms with Gasteiger partial charge in [0.1, 0.15) is 8.24 Å². The average molecular weight is 168 g/mol. The molecule has 3 heteroatoms. The molecule has 0 radical (unpaired) electrons. The van der Waals surface area contributed by atoms with Gasteiger partial charge < -0.3 is 4.57 Å². The second kappa shape index (κ2) is 3.38. The highest BCUT2D eigenvalue weighted by Gasteiger charge is 2.33. The number of nitrogens with zero attached hydrogens (tertiary/aromatic N) is 2. The lowest BCUT2D eigenvalue weighted by molar-refractivity contribution is 0.467. The van der Waals surface area contributed by atoms with E-state index in [-0.39, 0.29) is 0 Å². The van der Waals surface area contributed by atoms with Crippen LogP contribution in [-0.4, -0.2) is 25.9 Å². The zero-order chi connectivity index (χ0) is 8.32. The number of rotatable bonds is 2. The zero-order valence-electron chi connectivity index (χ0n) is 7.43. The van der Waals surface area contributed by atoms with Crippen LogP contribution in [0.2, 0.25) is 19.1 Å². The maximum atomic E-state index is 8.44. The predicted octanol–water partition coefficient (Wildman–Crippen LogP) is 1.81. The van der Waals surface area contributed by atoms with Crippen molar-refractivity contribution in [3.05, 3.63) is 0 Å². The summed E-state index contributed by atoms with van der Waals surface area (Å²) in [7, 11) is -1.02. The van der Waals surface area contributed by atoms with Gasteiger partial charge in [-0.3, -0.25) is 0 Å². The van der Waals surface area contributed by atoms with E-state index < -0.39 is 8.24 Å². The second-order valence-corrected chi connectivity index (χ2v) is 8.57. The van der Waals surface area contributed by atoms with E-state index in [9.17, 15) is 0 Å². The molecule has 2 nitrogen and oxygen atoms in total. The first-order valence-electron chi connectivity index (χ1n) is 4.29. The molecule has 62 valence electrons. The minimum Gasteiger partial charge on any atom is -0.323 e. The number of hydrogen-bond acceptors (Lipinski definition) is 2. The first kappa shape index (κ1) is 8.76. The monoisotopic (exact) mass is 168 g/mol. The number of nitriles is 1. The van der Waals surface area contributed by atoms with E-state index in [0.29, 0.717) is 6.42 Å². The van der Waals surface area contributed by atoms with Crippen LogP contribution in [0.3, 0.4) is 0 Å². The maximum Gasteiger partial charge on any atom is 0.122 e. The SMILES string of the molecule is C[Si]1(C)CCCN1CCC#N. The fraction of sp³-hybridized carbons (Fsp3) is 0.875. The summed E-state index contributed by atoms with van der Waals surface area (Å²) in [4.78, 5) is 0. The summed E-state index contributed by atoms with van der Waals surface area (Å²) >= 11 is 0. The van der Waals surface area contributed by atoms with Gasteiger partial charge in [0, 0.05) is 13.0 Å². The van der Waals surface area contributed by atoms with Gasteiger partial charge in [-0.2, -0.15) is 5.26 Å². The topological polar surface area (TPSA) is 27.0 Å². The lowest BCUT2D eigenvalue weighted by Crippen LogP contribution is -2.43. The Balaban J connectivity index is 2.40. The molecule has 0 amide bonds. The molecule has 1 rings (SSSR count). The lowest BCUT2D eigenvalue weighted by atomic mass is 10.4. The van der Waals surface area contributed by atoms with E-state index in [1.807, 2.05) is 0 Å². The van der Waals surface area contributed by atoms with E-state index in [4.69, 9.17) is 5.26 Å². The standard InChI is InChI=1S/C8H16N2Si/c1-11(2)8-4-7-10(11)6-3-5-9/h3-4,6-8H2,1-2H3. The molecular formula is C8H16N2Si. The minimum absolute atomic E-state index is 0.705. The van der Waals surface area contributed by atoms with E-state index in [2.05, 4.69) is 23.7 Å². The Morgan fingerprint density at radius 1 is 1.55 bits per heavy atom. The molecule has 1 aliphatic rings. The maximum absolute atomic E-state index is 8.44. The molecule has 1 heterocycles. The molecule has 1 aliphatic heterocycles.